The molecular formula is C16H25N3O. The van der Waals surface area contributed by atoms with Crippen LogP contribution in [0.3, 0.4) is 0 Å². The lowest BCUT2D eigenvalue weighted by molar-refractivity contribution is 0.0687. The molecule has 1 aromatic heterocycles. The van der Waals surface area contributed by atoms with Gasteiger partial charge in [0.2, 0.25) is 0 Å². The number of amides is 1. The highest BCUT2D eigenvalue weighted by Crippen LogP contribution is 2.24. The SMILES string of the molecule is CCCC1CCN(C(=O)c2cccnc2NCC)CC1. The van der Waals surface area contributed by atoms with Gasteiger partial charge in [-0.1, -0.05) is 19.8 Å². The highest BCUT2D eigenvalue weighted by atomic mass is 16.2. The third-order valence-electron chi connectivity index (χ3n) is 3.98. The average Bonchev–Trinajstić information content (AvgIpc) is 2.49. The van der Waals surface area contributed by atoms with E-state index in [1.54, 1.807) is 6.20 Å². The summed E-state index contributed by atoms with van der Waals surface area (Å²) in [5, 5.41) is 3.17. The number of aromatic nitrogens is 1. The molecule has 2 heterocycles. The van der Waals surface area contributed by atoms with Gasteiger partial charge in [-0.15, -0.1) is 0 Å². The lowest BCUT2D eigenvalue weighted by atomic mass is 9.92. The van der Waals surface area contributed by atoms with Crippen molar-refractivity contribution in [3.8, 4) is 0 Å². The maximum atomic E-state index is 12.6. The van der Waals surface area contributed by atoms with Gasteiger partial charge in [0.05, 0.1) is 5.56 Å². The Labute approximate surface area is 121 Å². The van der Waals surface area contributed by atoms with Crippen LogP contribution in [0.5, 0.6) is 0 Å². The standard InChI is InChI=1S/C16H25N3O/c1-3-6-13-8-11-19(12-9-13)16(20)14-7-5-10-18-15(14)17-4-2/h5,7,10,13H,3-4,6,8-9,11-12H2,1-2H3,(H,17,18). The summed E-state index contributed by atoms with van der Waals surface area (Å²) in [5.74, 6) is 1.62. The van der Waals surface area contributed by atoms with Crippen molar-refractivity contribution in [1.29, 1.82) is 0 Å². The molecule has 0 unspecified atom stereocenters. The van der Waals surface area contributed by atoms with Gasteiger partial charge in [0.1, 0.15) is 5.82 Å². The lowest BCUT2D eigenvalue weighted by Gasteiger charge is -2.32. The molecule has 1 amide bonds. The third-order valence-corrected chi connectivity index (χ3v) is 3.98. The molecular weight excluding hydrogens is 250 g/mol. The number of nitrogens with one attached hydrogen (secondary N) is 1. The van der Waals surface area contributed by atoms with Crippen LogP contribution >= 0.6 is 0 Å². The molecule has 4 heteroatoms. The van der Waals surface area contributed by atoms with E-state index in [-0.39, 0.29) is 5.91 Å². The Morgan fingerprint density at radius 2 is 2.15 bits per heavy atom. The number of likely N-dealkylation sites (tertiary alicyclic amines) is 1. The highest BCUT2D eigenvalue weighted by molar-refractivity contribution is 5.98. The summed E-state index contributed by atoms with van der Waals surface area (Å²) in [6, 6.07) is 3.70. The van der Waals surface area contributed by atoms with Crippen molar-refractivity contribution in [1.82, 2.24) is 9.88 Å². The van der Waals surface area contributed by atoms with Gasteiger partial charge in [-0.2, -0.15) is 0 Å². The van der Waals surface area contributed by atoms with Crippen molar-refractivity contribution in [2.45, 2.75) is 39.5 Å². The number of pyridine rings is 1. The van der Waals surface area contributed by atoms with Crippen LogP contribution in [0.4, 0.5) is 5.82 Å². The highest BCUT2D eigenvalue weighted by Gasteiger charge is 2.24. The molecule has 4 nitrogen and oxygen atoms in total. The molecule has 1 saturated heterocycles. The maximum Gasteiger partial charge on any atom is 0.257 e. The van der Waals surface area contributed by atoms with Crippen LogP contribution in [0.1, 0.15) is 49.9 Å². The molecule has 20 heavy (non-hydrogen) atoms. The van der Waals surface area contributed by atoms with Gasteiger partial charge in [-0.3, -0.25) is 4.79 Å². The zero-order chi connectivity index (χ0) is 14.4. The van der Waals surface area contributed by atoms with Crippen molar-refractivity contribution in [2.75, 3.05) is 25.0 Å². The summed E-state index contributed by atoms with van der Waals surface area (Å²) < 4.78 is 0. The summed E-state index contributed by atoms with van der Waals surface area (Å²) in [6.45, 7) is 6.78. The van der Waals surface area contributed by atoms with Crippen LogP contribution in [0.2, 0.25) is 0 Å². The maximum absolute atomic E-state index is 12.6. The number of anilines is 1. The fourth-order valence-electron chi connectivity index (χ4n) is 2.89. The number of hydrogen-bond donors (Lipinski definition) is 1. The van der Waals surface area contributed by atoms with Gasteiger partial charge in [0, 0.05) is 25.8 Å². The van der Waals surface area contributed by atoms with Crippen LogP contribution < -0.4 is 5.32 Å². The van der Waals surface area contributed by atoms with Gasteiger partial charge in [-0.25, -0.2) is 4.98 Å². The molecule has 0 bridgehead atoms. The van der Waals surface area contributed by atoms with Crippen molar-refractivity contribution in [2.24, 2.45) is 5.92 Å². The minimum atomic E-state index is 0.115. The first-order valence-electron chi connectivity index (χ1n) is 7.74. The molecule has 1 N–H and O–H groups in total. The molecule has 2 rings (SSSR count). The topological polar surface area (TPSA) is 45.2 Å². The second-order valence-corrected chi connectivity index (χ2v) is 5.45. The van der Waals surface area contributed by atoms with Crippen LogP contribution in [-0.2, 0) is 0 Å². The van der Waals surface area contributed by atoms with E-state index >= 15 is 0 Å². The zero-order valence-corrected chi connectivity index (χ0v) is 12.6. The van der Waals surface area contributed by atoms with Crippen LogP contribution in [0, 0.1) is 5.92 Å². The molecule has 0 spiro atoms. The quantitative estimate of drug-likeness (QED) is 0.897. The molecule has 1 aromatic rings. The minimum absolute atomic E-state index is 0.115. The Morgan fingerprint density at radius 3 is 2.80 bits per heavy atom. The Morgan fingerprint density at radius 1 is 1.40 bits per heavy atom. The van der Waals surface area contributed by atoms with Crippen molar-refractivity contribution >= 4 is 11.7 Å². The fourth-order valence-corrected chi connectivity index (χ4v) is 2.89. The van der Waals surface area contributed by atoms with Gasteiger partial charge in [0.25, 0.3) is 5.91 Å². The molecule has 0 aromatic carbocycles. The van der Waals surface area contributed by atoms with Crippen LogP contribution in [0.25, 0.3) is 0 Å². The number of carbonyl (C=O) groups excluding carboxylic acids is 1. The molecule has 0 saturated carbocycles. The number of carbonyl (C=O) groups is 1. The van der Waals surface area contributed by atoms with Crippen molar-refractivity contribution in [3.63, 3.8) is 0 Å². The number of nitrogens with zero attached hydrogens (tertiary/aromatic N) is 2. The van der Waals surface area contributed by atoms with Gasteiger partial charge < -0.3 is 10.2 Å². The van der Waals surface area contributed by atoms with E-state index in [1.807, 2.05) is 24.0 Å². The van der Waals surface area contributed by atoms with E-state index in [1.165, 1.54) is 12.8 Å². The molecule has 0 atom stereocenters. The Hall–Kier alpha value is -1.58. The zero-order valence-electron chi connectivity index (χ0n) is 12.6. The van der Waals surface area contributed by atoms with Crippen molar-refractivity contribution in [3.05, 3.63) is 23.9 Å². The summed E-state index contributed by atoms with van der Waals surface area (Å²) in [4.78, 5) is 18.9. The number of hydrogen-bond acceptors (Lipinski definition) is 3. The predicted octanol–water partition coefficient (Wildman–Crippen LogP) is 3.17. The van der Waals surface area contributed by atoms with Gasteiger partial charge in [-0.05, 0) is 37.8 Å². The Balaban J connectivity index is 2.02. The van der Waals surface area contributed by atoms with E-state index in [9.17, 15) is 4.79 Å². The monoisotopic (exact) mass is 275 g/mol. The summed E-state index contributed by atoms with van der Waals surface area (Å²) in [6.07, 6.45) is 6.53. The molecule has 0 aliphatic carbocycles. The normalized spacial score (nSPS) is 16.2. The minimum Gasteiger partial charge on any atom is -0.370 e. The van der Waals surface area contributed by atoms with Gasteiger partial charge in [0.15, 0.2) is 0 Å². The first-order chi connectivity index (χ1) is 9.76. The summed E-state index contributed by atoms with van der Waals surface area (Å²) >= 11 is 0. The molecule has 110 valence electrons. The Kier molecular flexibility index (Phi) is 5.39. The largest absolute Gasteiger partial charge is 0.370 e. The lowest BCUT2D eigenvalue weighted by Crippen LogP contribution is -2.38. The van der Waals surface area contributed by atoms with Crippen LogP contribution in [0.15, 0.2) is 18.3 Å². The molecule has 1 aliphatic rings. The van der Waals surface area contributed by atoms with Crippen LogP contribution in [-0.4, -0.2) is 35.4 Å². The average molecular weight is 275 g/mol. The van der Waals surface area contributed by atoms with E-state index in [0.717, 1.165) is 38.4 Å². The van der Waals surface area contributed by atoms with E-state index < -0.39 is 0 Å². The second-order valence-electron chi connectivity index (χ2n) is 5.45. The van der Waals surface area contributed by atoms with E-state index in [0.29, 0.717) is 11.4 Å². The molecule has 1 aliphatic heterocycles. The molecule has 1 fully saturated rings. The van der Waals surface area contributed by atoms with E-state index in [4.69, 9.17) is 0 Å². The van der Waals surface area contributed by atoms with Gasteiger partial charge >= 0.3 is 0 Å². The summed E-state index contributed by atoms with van der Waals surface area (Å²) in [5.41, 5.74) is 0.697. The number of rotatable bonds is 5. The predicted molar refractivity (Wildman–Crippen MR) is 81.9 cm³/mol. The Bertz CT molecular complexity index is 439. The smallest absolute Gasteiger partial charge is 0.257 e. The van der Waals surface area contributed by atoms with E-state index in [2.05, 4.69) is 17.2 Å². The number of piperidine rings is 1. The fraction of sp³-hybridized carbons (Fsp3) is 0.625. The third kappa shape index (κ3) is 3.50. The first kappa shape index (κ1) is 14.8. The first-order valence-corrected chi connectivity index (χ1v) is 7.74. The van der Waals surface area contributed by atoms with Crippen molar-refractivity contribution < 1.29 is 4.79 Å². The molecule has 0 radical (unpaired) electrons. The summed E-state index contributed by atoms with van der Waals surface area (Å²) in [7, 11) is 0. The second kappa shape index (κ2) is 7.27.